The number of nitrogens with zero attached hydrogens (tertiary/aromatic N) is 4. The van der Waals surface area contributed by atoms with Gasteiger partial charge in [-0.05, 0) is 30.5 Å². The van der Waals surface area contributed by atoms with E-state index in [1.165, 1.54) is 12.8 Å². The van der Waals surface area contributed by atoms with Gasteiger partial charge in [0.25, 0.3) is 0 Å². The van der Waals surface area contributed by atoms with Crippen LogP contribution in [0.4, 0.5) is 5.82 Å². The number of aliphatic imine (C=N–C) groups is 1. The number of guanidine groups is 1. The van der Waals surface area contributed by atoms with E-state index in [9.17, 15) is 0 Å². The zero-order chi connectivity index (χ0) is 13.1. The van der Waals surface area contributed by atoms with Crippen molar-refractivity contribution in [2.45, 2.75) is 25.4 Å². The molecule has 0 saturated heterocycles. The molecule has 1 aliphatic rings. The summed E-state index contributed by atoms with van der Waals surface area (Å²) >= 11 is 0. The minimum atomic E-state index is 0.600. The van der Waals surface area contributed by atoms with Crippen LogP contribution in [0.5, 0.6) is 0 Å². The maximum Gasteiger partial charge on any atom is 0.191 e. The van der Waals surface area contributed by atoms with Crippen molar-refractivity contribution in [1.29, 1.82) is 0 Å². The number of nitrogens with two attached hydrogens (primary N) is 1. The summed E-state index contributed by atoms with van der Waals surface area (Å²) in [4.78, 5) is 12.7. The van der Waals surface area contributed by atoms with E-state index in [0.29, 0.717) is 18.5 Å². The Morgan fingerprint density at radius 2 is 2.17 bits per heavy atom. The molecular formula is C13H21N5. The standard InChI is InChI=1S/C13H21N5/c1-17(2)12-8-10(6-7-15-12)9-16-13(14)18(3)11-4-5-11/h6-8,11H,4-5,9H2,1-3H3,(H2,14,16). The van der Waals surface area contributed by atoms with Crippen LogP contribution < -0.4 is 10.6 Å². The second-order valence-corrected chi connectivity index (χ2v) is 4.93. The van der Waals surface area contributed by atoms with E-state index in [0.717, 1.165) is 11.4 Å². The predicted molar refractivity (Wildman–Crippen MR) is 74.7 cm³/mol. The molecule has 0 aromatic carbocycles. The number of rotatable bonds is 4. The van der Waals surface area contributed by atoms with E-state index < -0.39 is 0 Å². The Kier molecular flexibility index (Phi) is 3.69. The van der Waals surface area contributed by atoms with Gasteiger partial charge in [-0.3, -0.25) is 0 Å². The molecule has 0 atom stereocenters. The number of aromatic nitrogens is 1. The van der Waals surface area contributed by atoms with Crippen LogP contribution >= 0.6 is 0 Å². The van der Waals surface area contributed by atoms with Crippen LogP contribution in [0.15, 0.2) is 23.3 Å². The Bertz CT molecular complexity index is 437. The zero-order valence-electron chi connectivity index (χ0n) is 11.3. The average molecular weight is 247 g/mol. The van der Waals surface area contributed by atoms with E-state index in [2.05, 4.69) is 14.9 Å². The molecule has 0 radical (unpaired) electrons. The quantitative estimate of drug-likeness (QED) is 0.638. The molecule has 5 nitrogen and oxygen atoms in total. The normalized spacial score (nSPS) is 15.6. The lowest BCUT2D eigenvalue weighted by molar-refractivity contribution is 0.487. The summed E-state index contributed by atoms with van der Waals surface area (Å²) < 4.78 is 0. The summed E-state index contributed by atoms with van der Waals surface area (Å²) in [6, 6.07) is 4.61. The highest BCUT2D eigenvalue weighted by molar-refractivity contribution is 5.78. The Morgan fingerprint density at radius 1 is 1.44 bits per heavy atom. The van der Waals surface area contributed by atoms with E-state index in [1.54, 1.807) is 6.20 Å². The topological polar surface area (TPSA) is 57.8 Å². The fourth-order valence-electron chi connectivity index (χ4n) is 1.74. The second-order valence-electron chi connectivity index (χ2n) is 4.93. The summed E-state index contributed by atoms with van der Waals surface area (Å²) in [6.45, 7) is 0.603. The predicted octanol–water partition coefficient (Wildman–Crippen LogP) is 1.06. The molecule has 1 aliphatic carbocycles. The first-order valence-electron chi connectivity index (χ1n) is 6.23. The molecular weight excluding hydrogens is 226 g/mol. The molecule has 1 aromatic heterocycles. The Labute approximate surface area is 108 Å². The van der Waals surface area contributed by atoms with Gasteiger partial charge < -0.3 is 15.5 Å². The lowest BCUT2D eigenvalue weighted by atomic mass is 10.2. The maximum absolute atomic E-state index is 5.95. The molecule has 0 bridgehead atoms. The number of pyridine rings is 1. The zero-order valence-corrected chi connectivity index (χ0v) is 11.3. The van der Waals surface area contributed by atoms with Crippen molar-refractivity contribution >= 4 is 11.8 Å². The third-order valence-corrected chi connectivity index (χ3v) is 3.15. The van der Waals surface area contributed by atoms with E-state index in [-0.39, 0.29) is 0 Å². The van der Waals surface area contributed by atoms with Crippen LogP contribution in [-0.4, -0.2) is 43.0 Å². The van der Waals surface area contributed by atoms with Crippen molar-refractivity contribution in [2.75, 3.05) is 26.0 Å². The largest absolute Gasteiger partial charge is 0.370 e. The summed E-state index contributed by atoms with van der Waals surface area (Å²) in [7, 11) is 5.96. The van der Waals surface area contributed by atoms with Crippen LogP contribution in [-0.2, 0) is 6.54 Å². The summed E-state index contributed by atoms with van der Waals surface area (Å²) in [5.74, 6) is 1.57. The summed E-state index contributed by atoms with van der Waals surface area (Å²) in [5, 5.41) is 0. The number of hydrogen-bond donors (Lipinski definition) is 1. The Hall–Kier alpha value is -1.78. The van der Waals surface area contributed by atoms with Gasteiger partial charge in [-0.1, -0.05) is 0 Å². The second kappa shape index (κ2) is 5.25. The fraction of sp³-hybridized carbons (Fsp3) is 0.538. The molecule has 0 unspecified atom stereocenters. The van der Waals surface area contributed by atoms with Crippen molar-refractivity contribution in [2.24, 2.45) is 10.7 Å². The van der Waals surface area contributed by atoms with Gasteiger partial charge in [-0.25, -0.2) is 9.98 Å². The number of hydrogen-bond acceptors (Lipinski definition) is 3. The summed E-state index contributed by atoms with van der Waals surface area (Å²) in [6.07, 6.45) is 4.26. The molecule has 1 fully saturated rings. The first kappa shape index (κ1) is 12.7. The average Bonchev–Trinajstić information content (AvgIpc) is 3.19. The third kappa shape index (κ3) is 3.12. The first-order valence-corrected chi connectivity index (χ1v) is 6.23. The SMILES string of the molecule is CN(C)c1cc(CN=C(N)N(C)C2CC2)ccn1. The summed E-state index contributed by atoms with van der Waals surface area (Å²) in [5.41, 5.74) is 7.08. The van der Waals surface area contributed by atoms with Gasteiger partial charge in [-0.2, -0.15) is 0 Å². The van der Waals surface area contributed by atoms with Gasteiger partial charge in [0.2, 0.25) is 0 Å². The molecule has 1 saturated carbocycles. The van der Waals surface area contributed by atoms with E-state index in [1.807, 2.05) is 38.2 Å². The van der Waals surface area contributed by atoms with Gasteiger partial charge in [0.1, 0.15) is 5.82 Å². The minimum Gasteiger partial charge on any atom is -0.370 e. The molecule has 0 amide bonds. The fourth-order valence-corrected chi connectivity index (χ4v) is 1.74. The van der Waals surface area contributed by atoms with Crippen molar-refractivity contribution in [3.8, 4) is 0 Å². The van der Waals surface area contributed by atoms with Gasteiger partial charge >= 0.3 is 0 Å². The van der Waals surface area contributed by atoms with Crippen molar-refractivity contribution < 1.29 is 0 Å². The molecule has 0 aliphatic heterocycles. The number of anilines is 1. The molecule has 2 N–H and O–H groups in total. The van der Waals surface area contributed by atoms with Crippen LogP contribution in [0.25, 0.3) is 0 Å². The van der Waals surface area contributed by atoms with Gasteiger partial charge in [0.05, 0.1) is 6.54 Å². The monoisotopic (exact) mass is 247 g/mol. The third-order valence-electron chi connectivity index (χ3n) is 3.15. The van der Waals surface area contributed by atoms with Gasteiger partial charge in [0.15, 0.2) is 5.96 Å². The first-order chi connectivity index (χ1) is 8.58. The van der Waals surface area contributed by atoms with Crippen molar-refractivity contribution in [3.63, 3.8) is 0 Å². The van der Waals surface area contributed by atoms with Gasteiger partial charge in [-0.15, -0.1) is 0 Å². The highest BCUT2D eigenvalue weighted by Crippen LogP contribution is 2.24. The molecule has 0 spiro atoms. The Morgan fingerprint density at radius 3 is 2.78 bits per heavy atom. The van der Waals surface area contributed by atoms with Crippen molar-refractivity contribution in [3.05, 3.63) is 23.9 Å². The molecule has 2 rings (SSSR count). The molecule has 98 valence electrons. The smallest absolute Gasteiger partial charge is 0.191 e. The lowest BCUT2D eigenvalue weighted by Gasteiger charge is -2.17. The molecule has 1 aromatic rings. The minimum absolute atomic E-state index is 0.600. The maximum atomic E-state index is 5.95. The molecule has 5 heteroatoms. The van der Waals surface area contributed by atoms with Crippen molar-refractivity contribution in [1.82, 2.24) is 9.88 Å². The lowest BCUT2D eigenvalue weighted by Crippen LogP contribution is -2.35. The van der Waals surface area contributed by atoms with Crippen LogP contribution in [0.3, 0.4) is 0 Å². The van der Waals surface area contributed by atoms with Gasteiger partial charge in [0, 0.05) is 33.4 Å². The van der Waals surface area contributed by atoms with Crippen LogP contribution in [0, 0.1) is 0 Å². The Balaban J connectivity index is 2.00. The molecule has 1 heterocycles. The highest BCUT2D eigenvalue weighted by atomic mass is 15.3. The van der Waals surface area contributed by atoms with Crippen LogP contribution in [0.1, 0.15) is 18.4 Å². The van der Waals surface area contributed by atoms with E-state index >= 15 is 0 Å². The van der Waals surface area contributed by atoms with E-state index in [4.69, 9.17) is 5.73 Å². The molecule has 18 heavy (non-hydrogen) atoms. The highest BCUT2D eigenvalue weighted by Gasteiger charge is 2.27. The van der Waals surface area contributed by atoms with Crippen LogP contribution in [0.2, 0.25) is 0 Å².